The van der Waals surface area contributed by atoms with E-state index in [0.717, 1.165) is 0 Å². The first-order chi connectivity index (χ1) is 9.40. The first-order valence-corrected chi connectivity index (χ1v) is 7.90. The SMILES string of the molecule is CCNS(=O)(=O)c1ccc(C(=O)NC(C)CCO)cc1. The van der Waals surface area contributed by atoms with Crippen LogP contribution in [-0.2, 0) is 10.0 Å². The summed E-state index contributed by atoms with van der Waals surface area (Å²) < 4.78 is 25.9. The van der Waals surface area contributed by atoms with Crippen molar-refractivity contribution in [3.63, 3.8) is 0 Å². The predicted molar refractivity (Wildman–Crippen MR) is 75.9 cm³/mol. The van der Waals surface area contributed by atoms with Crippen molar-refractivity contribution in [2.75, 3.05) is 13.2 Å². The first-order valence-electron chi connectivity index (χ1n) is 6.42. The Balaban J connectivity index is 2.79. The van der Waals surface area contributed by atoms with E-state index in [1.54, 1.807) is 13.8 Å². The summed E-state index contributed by atoms with van der Waals surface area (Å²) in [6, 6.07) is 5.57. The largest absolute Gasteiger partial charge is 0.396 e. The van der Waals surface area contributed by atoms with Gasteiger partial charge in [-0.25, -0.2) is 13.1 Å². The van der Waals surface area contributed by atoms with Gasteiger partial charge in [0.05, 0.1) is 4.90 Å². The Kier molecular flexibility index (Phi) is 6.12. The van der Waals surface area contributed by atoms with Crippen molar-refractivity contribution in [1.82, 2.24) is 10.0 Å². The smallest absolute Gasteiger partial charge is 0.251 e. The van der Waals surface area contributed by atoms with Crippen LogP contribution in [0.2, 0.25) is 0 Å². The van der Waals surface area contributed by atoms with Crippen molar-refractivity contribution < 1.29 is 18.3 Å². The zero-order chi connectivity index (χ0) is 15.2. The van der Waals surface area contributed by atoms with Crippen molar-refractivity contribution in [2.24, 2.45) is 0 Å². The van der Waals surface area contributed by atoms with Gasteiger partial charge in [0, 0.05) is 24.8 Å². The lowest BCUT2D eigenvalue weighted by Gasteiger charge is -2.12. The molecule has 0 bridgehead atoms. The van der Waals surface area contributed by atoms with Crippen LogP contribution >= 0.6 is 0 Å². The summed E-state index contributed by atoms with van der Waals surface area (Å²) in [6.07, 6.45) is 0.471. The zero-order valence-corrected chi connectivity index (χ0v) is 12.4. The Bertz CT molecular complexity index is 540. The van der Waals surface area contributed by atoms with Gasteiger partial charge in [-0.3, -0.25) is 4.79 Å². The van der Waals surface area contributed by atoms with E-state index in [9.17, 15) is 13.2 Å². The molecule has 0 saturated heterocycles. The Labute approximate surface area is 119 Å². The van der Waals surface area contributed by atoms with E-state index < -0.39 is 10.0 Å². The van der Waals surface area contributed by atoms with Crippen LogP contribution in [0.15, 0.2) is 29.2 Å². The molecule has 0 heterocycles. The van der Waals surface area contributed by atoms with Crippen LogP contribution < -0.4 is 10.0 Å². The number of carbonyl (C=O) groups excluding carboxylic acids is 1. The highest BCUT2D eigenvalue weighted by molar-refractivity contribution is 7.89. The summed E-state index contributed by atoms with van der Waals surface area (Å²) in [5.74, 6) is -0.293. The summed E-state index contributed by atoms with van der Waals surface area (Å²) in [4.78, 5) is 12.0. The lowest BCUT2D eigenvalue weighted by Crippen LogP contribution is -2.33. The molecule has 0 aliphatic rings. The number of sulfonamides is 1. The molecule has 20 heavy (non-hydrogen) atoms. The number of hydrogen-bond acceptors (Lipinski definition) is 4. The van der Waals surface area contributed by atoms with E-state index in [4.69, 9.17) is 5.11 Å². The molecule has 0 fully saturated rings. The monoisotopic (exact) mass is 300 g/mol. The molecule has 1 aromatic carbocycles. The second-order valence-electron chi connectivity index (χ2n) is 4.41. The van der Waals surface area contributed by atoms with E-state index in [-0.39, 0.29) is 23.5 Å². The molecule has 0 saturated carbocycles. The van der Waals surface area contributed by atoms with Crippen molar-refractivity contribution in [3.8, 4) is 0 Å². The van der Waals surface area contributed by atoms with Gasteiger partial charge in [0.2, 0.25) is 10.0 Å². The molecule has 1 unspecified atom stereocenters. The van der Waals surface area contributed by atoms with Crippen LogP contribution in [0.1, 0.15) is 30.6 Å². The molecule has 112 valence electrons. The highest BCUT2D eigenvalue weighted by atomic mass is 32.2. The number of hydrogen-bond donors (Lipinski definition) is 3. The topological polar surface area (TPSA) is 95.5 Å². The number of nitrogens with one attached hydrogen (secondary N) is 2. The van der Waals surface area contributed by atoms with Crippen LogP contribution in [-0.4, -0.2) is 38.6 Å². The molecule has 0 aromatic heterocycles. The Morgan fingerprint density at radius 3 is 2.40 bits per heavy atom. The number of rotatable bonds is 7. The summed E-state index contributed by atoms with van der Waals surface area (Å²) in [6.45, 7) is 3.80. The summed E-state index contributed by atoms with van der Waals surface area (Å²) in [5.41, 5.74) is 0.380. The minimum atomic E-state index is -3.50. The average molecular weight is 300 g/mol. The van der Waals surface area contributed by atoms with Gasteiger partial charge in [-0.15, -0.1) is 0 Å². The van der Waals surface area contributed by atoms with Crippen LogP contribution in [0.5, 0.6) is 0 Å². The van der Waals surface area contributed by atoms with Crippen LogP contribution in [0.3, 0.4) is 0 Å². The average Bonchev–Trinajstić information content (AvgIpc) is 2.39. The highest BCUT2D eigenvalue weighted by Crippen LogP contribution is 2.10. The van der Waals surface area contributed by atoms with E-state index >= 15 is 0 Å². The number of aliphatic hydroxyl groups is 1. The van der Waals surface area contributed by atoms with Crippen LogP contribution in [0.25, 0.3) is 0 Å². The lowest BCUT2D eigenvalue weighted by molar-refractivity contribution is 0.0934. The second-order valence-corrected chi connectivity index (χ2v) is 6.18. The standard InChI is InChI=1S/C13H20N2O4S/c1-3-14-20(18,19)12-6-4-11(5-7-12)13(17)15-10(2)8-9-16/h4-7,10,14,16H,3,8-9H2,1-2H3,(H,15,17). The molecule has 6 nitrogen and oxygen atoms in total. The third-order valence-corrected chi connectivity index (χ3v) is 4.26. The maximum atomic E-state index is 11.9. The van der Waals surface area contributed by atoms with Gasteiger partial charge in [-0.05, 0) is 37.6 Å². The van der Waals surface area contributed by atoms with Gasteiger partial charge < -0.3 is 10.4 Å². The van der Waals surface area contributed by atoms with Gasteiger partial charge in [-0.1, -0.05) is 6.92 Å². The predicted octanol–water partition coefficient (Wildman–Crippen LogP) is 0.485. The molecule has 0 radical (unpaired) electrons. The summed E-state index contributed by atoms with van der Waals surface area (Å²) >= 11 is 0. The fourth-order valence-corrected chi connectivity index (χ4v) is 2.67. The minimum absolute atomic E-state index is 0.00130. The van der Waals surface area contributed by atoms with Gasteiger partial charge in [0.25, 0.3) is 5.91 Å². The third-order valence-electron chi connectivity index (χ3n) is 2.70. The van der Waals surface area contributed by atoms with Gasteiger partial charge in [-0.2, -0.15) is 0 Å². The Morgan fingerprint density at radius 2 is 1.90 bits per heavy atom. The lowest BCUT2D eigenvalue weighted by atomic mass is 10.2. The molecular weight excluding hydrogens is 280 g/mol. The number of aliphatic hydroxyl groups excluding tert-OH is 1. The molecule has 1 atom stereocenters. The van der Waals surface area contributed by atoms with Gasteiger partial charge in [0.15, 0.2) is 0 Å². The molecule has 1 amide bonds. The van der Waals surface area contributed by atoms with E-state index in [0.29, 0.717) is 18.5 Å². The normalized spacial score (nSPS) is 12.9. The number of amides is 1. The molecular formula is C13H20N2O4S. The van der Waals surface area contributed by atoms with E-state index in [1.807, 2.05) is 0 Å². The van der Waals surface area contributed by atoms with Crippen molar-refractivity contribution in [2.45, 2.75) is 31.2 Å². The molecule has 0 aliphatic heterocycles. The third kappa shape index (κ3) is 4.59. The van der Waals surface area contributed by atoms with Crippen LogP contribution in [0.4, 0.5) is 0 Å². The highest BCUT2D eigenvalue weighted by Gasteiger charge is 2.14. The van der Waals surface area contributed by atoms with E-state index in [2.05, 4.69) is 10.0 Å². The fourth-order valence-electron chi connectivity index (χ4n) is 1.63. The minimum Gasteiger partial charge on any atom is -0.396 e. The Morgan fingerprint density at radius 1 is 1.30 bits per heavy atom. The second kappa shape index (κ2) is 7.37. The van der Waals surface area contributed by atoms with E-state index in [1.165, 1.54) is 24.3 Å². The summed E-state index contributed by atoms with van der Waals surface area (Å²) in [5, 5.41) is 11.5. The molecule has 1 rings (SSSR count). The quantitative estimate of drug-likeness (QED) is 0.683. The maximum Gasteiger partial charge on any atom is 0.251 e. The fraction of sp³-hybridized carbons (Fsp3) is 0.462. The van der Waals surface area contributed by atoms with Crippen molar-refractivity contribution in [1.29, 1.82) is 0 Å². The Hall–Kier alpha value is -1.44. The first kappa shape index (κ1) is 16.6. The molecule has 7 heteroatoms. The maximum absolute atomic E-state index is 11.9. The van der Waals surface area contributed by atoms with Crippen LogP contribution in [0, 0.1) is 0 Å². The molecule has 1 aromatic rings. The van der Waals surface area contributed by atoms with Gasteiger partial charge >= 0.3 is 0 Å². The number of benzene rings is 1. The zero-order valence-electron chi connectivity index (χ0n) is 11.6. The molecule has 3 N–H and O–H groups in total. The number of carbonyl (C=O) groups is 1. The summed E-state index contributed by atoms with van der Waals surface area (Å²) in [7, 11) is -3.50. The molecule has 0 spiro atoms. The van der Waals surface area contributed by atoms with Gasteiger partial charge in [0.1, 0.15) is 0 Å². The van der Waals surface area contributed by atoms with Crippen molar-refractivity contribution >= 4 is 15.9 Å². The van der Waals surface area contributed by atoms with Crippen molar-refractivity contribution in [3.05, 3.63) is 29.8 Å². The molecule has 0 aliphatic carbocycles.